The van der Waals surface area contributed by atoms with Gasteiger partial charge in [-0.15, -0.1) is 0 Å². The van der Waals surface area contributed by atoms with E-state index < -0.39 is 5.60 Å². The molecule has 1 aromatic rings. The van der Waals surface area contributed by atoms with Crippen LogP contribution in [0.25, 0.3) is 0 Å². The molecular weight excluding hydrogens is 292 g/mol. The predicted molar refractivity (Wildman–Crippen MR) is 90.5 cm³/mol. The van der Waals surface area contributed by atoms with E-state index in [4.69, 9.17) is 9.47 Å². The lowest BCUT2D eigenvalue weighted by molar-refractivity contribution is -0.139. The van der Waals surface area contributed by atoms with E-state index in [1.54, 1.807) is 25.1 Å². The molecular formula is C18H26N2O3. The monoisotopic (exact) mass is 318 g/mol. The number of benzene rings is 1. The van der Waals surface area contributed by atoms with Gasteiger partial charge in [-0.25, -0.2) is 0 Å². The van der Waals surface area contributed by atoms with Crippen molar-refractivity contribution >= 4 is 11.6 Å². The van der Waals surface area contributed by atoms with Crippen LogP contribution in [0.4, 0.5) is 5.69 Å². The summed E-state index contributed by atoms with van der Waals surface area (Å²) in [5.41, 5.74) is -0.0747. The fourth-order valence-corrected chi connectivity index (χ4v) is 1.98. The fourth-order valence-electron chi connectivity index (χ4n) is 1.98. The van der Waals surface area contributed by atoms with Crippen LogP contribution in [0.2, 0.25) is 0 Å². The Hall–Kier alpha value is -2.06. The predicted octanol–water partition coefficient (Wildman–Crippen LogP) is 3.88. The maximum absolute atomic E-state index is 12.5. The molecule has 1 atom stereocenters. The molecule has 0 heterocycles. The van der Waals surface area contributed by atoms with Gasteiger partial charge < -0.3 is 14.8 Å². The highest BCUT2D eigenvalue weighted by Crippen LogP contribution is 2.25. The van der Waals surface area contributed by atoms with E-state index in [2.05, 4.69) is 11.4 Å². The van der Waals surface area contributed by atoms with Crippen molar-refractivity contribution in [3.8, 4) is 11.8 Å². The number of amides is 1. The Morgan fingerprint density at radius 3 is 2.61 bits per heavy atom. The van der Waals surface area contributed by atoms with Crippen molar-refractivity contribution in [3.05, 3.63) is 23.8 Å². The van der Waals surface area contributed by atoms with Gasteiger partial charge in [-0.2, -0.15) is 5.26 Å². The minimum Gasteiger partial charge on any atom is -0.491 e. The van der Waals surface area contributed by atoms with Crippen molar-refractivity contribution in [1.82, 2.24) is 0 Å². The van der Waals surface area contributed by atoms with Gasteiger partial charge in [-0.3, -0.25) is 4.79 Å². The standard InChI is InChI=1S/C18H26N2O3/c1-6-10-22-18(5,7-2)17(21)20-16-9-8-15(23-13(3)4)11-14(16)12-19/h8-9,11,13H,6-7,10H2,1-5H3,(H,20,21)/t18-/m0/s1. The molecule has 0 radical (unpaired) electrons. The largest absolute Gasteiger partial charge is 0.491 e. The average molecular weight is 318 g/mol. The van der Waals surface area contributed by atoms with Gasteiger partial charge in [0, 0.05) is 12.7 Å². The molecule has 0 spiro atoms. The van der Waals surface area contributed by atoms with Crippen LogP contribution in [0.5, 0.6) is 5.75 Å². The summed E-state index contributed by atoms with van der Waals surface area (Å²) < 4.78 is 11.3. The number of carbonyl (C=O) groups is 1. The molecule has 126 valence electrons. The van der Waals surface area contributed by atoms with Crippen LogP contribution in [-0.4, -0.2) is 24.2 Å². The van der Waals surface area contributed by atoms with Gasteiger partial charge in [-0.1, -0.05) is 13.8 Å². The number of carbonyl (C=O) groups excluding carboxylic acids is 1. The second kappa shape index (κ2) is 8.54. The SMILES string of the molecule is CCCO[C@@](C)(CC)C(=O)Nc1ccc(OC(C)C)cc1C#N. The molecule has 0 saturated carbocycles. The summed E-state index contributed by atoms with van der Waals surface area (Å²) in [6.07, 6.45) is 1.41. The van der Waals surface area contributed by atoms with Crippen molar-refractivity contribution in [2.45, 2.75) is 59.2 Å². The maximum Gasteiger partial charge on any atom is 0.256 e. The van der Waals surface area contributed by atoms with Crippen molar-refractivity contribution in [1.29, 1.82) is 5.26 Å². The van der Waals surface area contributed by atoms with Gasteiger partial charge in [0.1, 0.15) is 17.4 Å². The topological polar surface area (TPSA) is 71.3 Å². The molecule has 1 rings (SSSR count). The van der Waals surface area contributed by atoms with Crippen LogP contribution in [0.3, 0.4) is 0 Å². The van der Waals surface area contributed by atoms with Crippen molar-refractivity contribution in [2.24, 2.45) is 0 Å². The van der Waals surface area contributed by atoms with Crippen molar-refractivity contribution in [3.63, 3.8) is 0 Å². The molecule has 0 saturated heterocycles. The summed E-state index contributed by atoms with van der Waals surface area (Å²) in [7, 11) is 0. The molecule has 5 nitrogen and oxygen atoms in total. The minimum absolute atomic E-state index is 0.0211. The molecule has 0 fully saturated rings. The normalized spacial score (nSPS) is 13.3. The lowest BCUT2D eigenvalue weighted by Gasteiger charge is -2.27. The quantitative estimate of drug-likeness (QED) is 0.789. The number of anilines is 1. The summed E-state index contributed by atoms with van der Waals surface area (Å²) in [6, 6.07) is 7.15. The van der Waals surface area contributed by atoms with E-state index in [0.717, 1.165) is 6.42 Å². The molecule has 1 amide bonds. The Balaban J connectivity index is 2.95. The molecule has 0 aliphatic heterocycles. The van der Waals surface area contributed by atoms with Gasteiger partial charge in [0.05, 0.1) is 17.4 Å². The fraction of sp³-hybridized carbons (Fsp3) is 0.556. The van der Waals surface area contributed by atoms with Gasteiger partial charge >= 0.3 is 0 Å². The summed E-state index contributed by atoms with van der Waals surface area (Å²) >= 11 is 0. The van der Waals surface area contributed by atoms with Gasteiger partial charge in [0.25, 0.3) is 5.91 Å². The summed E-state index contributed by atoms with van der Waals surface area (Å²) in [4.78, 5) is 12.5. The number of nitrogens with one attached hydrogen (secondary N) is 1. The van der Waals surface area contributed by atoms with E-state index in [1.807, 2.05) is 27.7 Å². The number of nitrogens with zero attached hydrogens (tertiary/aromatic N) is 1. The Morgan fingerprint density at radius 1 is 1.39 bits per heavy atom. The van der Waals surface area contributed by atoms with Gasteiger partial charge in [-0.05, 0) is 45.7 Å². The molecule has 5 heteroatoms. The number of nitriles is 1. The molecule has 0 aromatic heterocycles. The molecule has 0 aliphatic rings. The van der Waals surface area contributed by atoms with E-state index in [-0.39, 0.29) is 12.0 Å². The minimum atomic E-state index is -0.907. The first-order valence-corrected chi connectivity index (χ1v) is 8.02. The zero-order valence-corrected chi connectivity index (χ0v) is 14.6. The number of hydrogen-bond acceptors (Lipinski definition) is 4. The lowest BCUT2D eigenvalue weighted by Crippen LogP contribution is -2.42. The van der Waals surface area contributed by atoms with E-state index in [1.165, 1.54) is 0 Å². The van der Waals surface area contributed by atoms with E-state index >= 15 is 0 Å². The molecule has 0 aliphatic carbocycles. The highest BCUT2D eigenvalue weighted by Gasteiger charge is 2.32. The summed E-state index contributed by atoms with van der Waals surface area (Å²) in [5.74, 6) is 0.359. The first-order valence-electron chi connectivity index (χ1n) is 8.02. The van der Waals surface area contributed by atoms with Crippen LogP contribution in [-0.2, 0) is 9.53 Å². The van der Waals surface area contributed by atoms with Crippen LogP contribution < -0.4 is 10.1 Å². The van der Waals surface area contributed by atoms with Crippen LogP contribution >= 0.6 is 0 Å². The summed E-state index contributed by atoms with van der Waals surface area (Å²) in [5, 5.41) is 12.1. The van der Waals surface area contributed by atoms with Crippen LogP contribution in [0.15, 0.2) is 18.2 Å². The highest BCUT2D eigenvalue weighted by molar-refractivity contribution is 5.98. The molecule has 1 N–H and O–H groups in total. The Kier molecular flexibility index (Phi) is 7.05. The Labute approximate surface area is 138 Å². The first kappa shape index (κ1) is 19.0. The third-order valence-electron chi connectivity index (χ3n) is 3.51. The lowest BCUT2D eigenvalue weighted by atomic mass is 10.0. The Morgan fingerprint density at radius 2 is 2.09 bits per heavy atom. The zero-order valence-electron chi connectivity index (χ0n) is 14.6. The second-order valence-electron chi connectivity index (χ2n) is 5.87. The average Bonchev–Trinajstić information content (AvgIpc) is 2.53. The molecule has 0 bridgehead atoms. The van der Waals surface area contributed by atoms with E-state index in [9.17, 15) is 10.1 Å². The second-order valence-corrected chi connectivity index (χ2v) is 5.87. The number of ether oxygens (including phenoxy) is 2. The zero-order chi connectivity index (χ0) is 17.5. The van der Waals surface area contributed by atoms with Gasteiger partial charge in [0.15, 0.2) is 0 Å². The Bertz CT molecular complexity index is 578. The number of hydrogen-bond donors (Lipinski definition) is 1. The smallest absolute Gasteiger partial charge is 0.256 e. The van der Waals surface area contributed by atoms with Crippen LogP contribution in [0.1, 0.15) is 53.0 Å². The molecule has 0 unspecified atom stereocenters. The van der Waals surface area contributed by atoms with Gasteiger partial charge in [0.2, 0.25) is 0 Å². The van der Waals surface area contributed by atoms with Crippen molar-refractivity contribution in [2.75, 3.05) is 11.9 Å². The maximum atomic E-state index is 12.5. The molecule has 23 heavy (non-hydrogen) atoms. The third-order valence-corrected chi connectivity index (χ3v) is 3.51. The highest BCUT2D eigenvalue weighted by atomic mass is 16.5. The third kappa shape index (κ3) is 5.26. The van der Waals surface area contributed by atoms with Crippen molar-refractivity contribution < 1.29 is 14.3 Å². The first-order chi connectivity index (χ1) is 10.9. The summed E-state index contributed by atoms with van der Waals surface area (Å²) in [6.45, 7) is 10.0. The molecule has 1 aromatic carbocycles. The van der Waals surface area contributed by atoms with Crippen LogP contribution in [0, 0.1) is 11.3 Å². The van der Waals surface area contributed by atoms with E-state index in [0.29, 0.717) is 30.0 Å². The number of rotatable bonds is 8.